The van der Waals surface area contributed by atoms with Crippen LogP contribution in [0.1, 0.15) is 36.3 Å². The third-order valence-electron chi connectivity index (χ3n) is 2.89. The zero-order chi connectivity index (χ0) is 12.1. The number of hydrogen-bond donors (Lipinski definition) is 2. The Balaban J connectivity index is 2.30. The highest BCUT2D eigenvalue weighted by Crippen LogP contribution is 2.22. The molecule has 0 saturated heterocycles. The molecular formula is C14H19N3. The van der Waals surface area contributed by atoms with Gasteiger partial charge in [0.1, 0.15) is 5.82 Å². The molecule has 0 amide bonds. The van der Waals surface area contributed by atoms with Gasteiger partial charge in [0.15, 0.2) is 0 Å². The SMILES string of the molecule is CCCNC(c1ncc[nH]1)c1ccccc1C. The van der Waals surface area contributed by atoms with E-state index in [9.17, 15) is 0 Å². The van der Waals surface area contributed by atoms with Crippen molar-refractivity contribution >= 4 is 0 Å². The molecule has 0 aliphatic carbocycles. The van der Waals surface area contributed by atoms with Crippen LogP contribution in [0.3, 0.4) is 0 Å². The average molecular weight is 229 g/mol. The summed E-state index contributed by atoms with van der Waals surface area (Å²) in [6.07, 6.45) is 4.78. The predicted molar refractivity (Wildman–Crippen MR) is 69.9 cm³/mol. The summed E-state index contributed by atoms with van der Waals surface area (Å²) < 4.78 is 0. The highest BCUT2D eigenvalue weighted by Gasteiger charge is 2.16. The van der Waals surface area contributed by atoms with Gasteiger partial charge in [0.2, 0.25) is 0 Å². The third-order valence-corrected chi connectivity index (χ3v) is 2.89. The van der Waals surface area contributed by atoms with Gasteiger partial charge >= 0.3 is 0 Å². The van der Waals surface area contributed by atoms with Crippen LogP contribution in [0.5, 0.6) is 0 Å². The topological polar surface area (TPSA) is 40.7 Å². The van der Waals surface area contributed by atoms with Crippen LogP contribution in [0.2, 0.25) is 0 Å². The van der Waals surface area contributed by atoms with E-state index in [1.165, 1.54) is 11.1 Å². The molecule has 0 aliphatic rings. The summed E-state index contributed by atoms with van der Waals surface area (Å²) in [6.45, 7) is 5.29. The van der Waals surface area contributed by atoms with Crippen LogP contribution >= 0.6 is 0 Å². The molecule has 1 atom stereocenters. The Labute approximate surface area is 102 Å². The van der Waals surface area contributed by atoms with Crippen molar-refractivity contribution in [2.24, 2.45) is 0 Å². The summed E-state index contributed by atoms with van der Waals surface area (Å²) in [4.78, 5) is 7.57. The number of nitrogens with zero attached hydrogens (tertiary/aromatic N) is 1. The Bertz CT molecular complexity index is 448. The molecule has 0 spiro atoms. The lowest BCUT2D eigenvalue weighted by Gasteiger charge is -2.18. The number of nitrogens with one attached hydrogen (secondary N) is 2. The molecular weight excluding hydrogens is 210 g/mol. The fraction of sp³-hybridized carbons (Fsp3) is 0.357. The van der Waals surface area contributed by atoms with Gasteiger partial charge in [-0.05, 0) is 31.0 Å². The fourth-order valence-electron chi connectivity index (χ4n) is 1.99. The van der Waals surface area contributed by atoms with Crippen molar-refractivity contribution in [3.63, 3.8) is 0 Å². The van der Waals surface area contributed by atoms with Gasteiger partial charge in [0.25, 0.3) is 0 Å². The third kappa shape index (κ3) is 2.74. The van der Waals surface area contributed by atoms with E-state index in [0.29, 0.717) is 0 Å². The van der Waals surface area contributed by atoms with Crippen LogP contribution in [-0.4, -0.2) is 16.5 Å². The lowest BCUT2D eigenvalue weighted by molar-refractivity contribution is 0.574. The second kappa shape index (κ2) is 5.64. The molecule has 0 aliphatic heterocycles. The molecule has 17 heavy (non-hydrogen) atoms. The normalized spacial score (nSPS) is 12.6. The van der Waals surface area contributed by atoms with Crippen LogP contribution in [0, 0.1) is 6.92 Å². The number of H-pyrrole nitrogens is 1. The molecule has 1 heterocycles. The van der Waals surface area contributed by atoms with Crippen molar-refractivity contribution in [2.75, 3.05) is 6.54 Å². The molecule has 1 aromatic heterocycles. The summed E-state index contributed by atoms with van der Waals surface area (Å²) in [5.74, 6) is 0.979. The number of aryl methyl sites for hydroxylation is 1. The van der Waals surface area contributed by atoms with Gasteiger partial charge in [-0.2, -0.15) is 0 Å². The summed E-state index contributed by atoms with van der Waals surface area (Å²) >= 11 is 0. The van der Waals surface area contributed by atoms with Crippen molar-refractivity contribution in [2.45, 2.75) is 26.3 Å². The lowest BCUT2D eigenvalue weighted by atomic mass is 10.0. The summed E-state index contributed by atoms with van der Waals surface area (Å²) in [6, 6.07) is 8.60. The second-order valence-electron chi connectivity index (χ2n) is 4.22. The molecule has 0 bridgehead atoms. The molecule has 2 aromatic rings. The van der Waals surface area contributed by atoms with Crippen molar-refractivity contribution < 1.29 is 0 Å². The van der Waals surface area contributed by atoms with Crippen LogP contribution in [0.15, 0.2) is 36.7 Å². The van der Waals surface area contributed by atoms with Crippen LogP contribution in [0.4, 0.5) is 0 Å². The molecule has 0 fully saturated rings. The predicted octanol–water partition coefficient (Wildman–Crippen LogP) is 2.81. The molecule has 2 rings (SSSR count). The van der Waals surface area contributed by atoms with Crippen LogP contribution < -0.4 is 5.32 Å². The van der Waals surface area contributed by atoms with E-state index in [0.717, 1.165) is 18.8 Å². The van der Waals surface area contributed by atoms with Gasteiger partial charge in [-0.1, -0.05) is 31.2 Å². The quantitative estimate of drug-likeness (QED) is 0.827. The van der Waals surface area contributed by atoms with Crippen molar-refractivity contribution in [1.82, 2.24) is 15.3 Å². The number of hydrogen-bond acceptors (Lipinski definition) is 2. The van der Waals surface area contributed by atoms with Gasteiger partial charge in [0.05, 0.1) is 6.04 Å². The first-order valence-corrected chi connectivity index (χ1v) is 6.11. The van der Waals surface area contributed by atoms with Gasteiger partial charge in [-0.25, -0.2) is 4.98 Å². The van der Waals surface area contributed by atoms with E-state index in [1.807, 2.05) is 6.20 Å². The van der Waals surface area contributed by atoms with Crippen molar-refractivity contribution in [3.05, 3.63) is 53.6 Å². The Morgan fingerprint density at radius 1 is 1.35 bits per heavy atom. The first kappa shape index (κ1) is 11.9. The molecule has 1 aromatic carbocycles. The fourth-order valence-corrected chi connectivity index (χ4v) is 1.99. The van der Waals surface area contributed by atoms with Gasteiger partial charge in [-0.3, -0.25) is 0 Å². The second-order valence-corrected chi connectivity index (χ2v) is 4.22. The Hall–Kier alpha value is -1.61. The minimum absolute atomic E-state index is 0.158. The minimum atomic E-state index is 0.158. The van der Waals surface area contributed by atoms with Crippen molar-refractivity contribution in [3.8, 4) is 0 Å². The standard InChI is InChI=1S/C14H19N3/c1-3-8-15-13(14-16-9-10-17-14)12-7-5-4-6-11(12)2/h4-7,9-10,13,15H,3,8H2,1-2H3,(H,16,17). The van der Waals surface area contributed by atoms with E-state index in [-0.39, 0.29) is 6.04 Å². The minimum Gasteiger partial charge on any atom is -0.347 e. The Kier molecular flexibility index (Phi) is 3.94. The average Bonchev–Trinajstić information content (AvgIpc) is 2.85. The number of rotatable bonds is 5. The molecule has 90 valence electrons. The molecule has 3 heteroatoms. The lowest BCUT2D eigenvalue weighted by Crippen LogP contribution is -2.24. The highest BCUT2D eigenvalue weighted by molar-refractivity contribution is 5.32. The summed E-state index contributed by atoms with van der Waals surface area (Å²) in [5.41, 5.74) is 2.58. The van der Waals surface area contributed by atoms with E-state index in [2.05, 4.69) is 53.4 Å². The number of imidazole rings is 1. The molecule has 0 saturated carbocycles. The van der Waals surface area contributed by atoms with Crippen LogP contribution in [0.25, 0.3) is 0 Å². The number of benzene rings is 1. The summed E-state index contributed by atoms with van der Waals surface area (Å²) in [7, 11) is 0. The zero-order valence-corrected chi connectivity index (χ0v) is 10.4. The monoisotopic (exact) mass is 229 g/mol. The Morgan fingerprint density at radius 3 is 2.82 bits per heavy atom. The molecule has 2 N–H and O–H groups in total. The number of aromatic nitrogens is 2. The maximum absolute atomic E-state index is 4.37. The first-order valence-electron chi connectivity index (χ1n) is 6.11. The molecule has 1 unspecified atom stereocenters. The smallest absolute Gasteiger partial charge is 0.127 e. The van der Waals surface area contributed by atoms with Crippen molar-refractivity contribution in [1.29, 1.82) is 0 Å². The number of aromatic amines is 1. The van der Waals surface area contributed by atoms with E-state index < -0.39 is 0 Å². The van der Waals surface area contributed by atoms with E-state index >= 15 is 0 Å². The van der Waals surface area contributed by atoms with Crippen LogP contribution in [-0.2, 0) is 0 Å². The van der Waals surface area contributed by atoms with E-state index in [4.69, 9.17) is 0 Å². The Morgan fingerprint density at radius 2 is 2.18 bits per heavy atom. The largest absolute Gasteiger partial charge is 0.347 e. The molecule has 3 nitrogen and oxygen atoms in total. The van der Waals surface area contributed by atoms with Gasteiger partial charge < -0.3 is 10.3 Å². The summed E-state index contributed by atoms with van der Waals surface area (Å²) in [5, 5.41) is 3.54. The van der Waals surface area contributed by atoms with Gasteiger partial charge in [0, 0.05) is 12.4 Å². The maximum Gasteiger partial charge on any atom is 0.127 e. The van der Waals surface area contributed by atoms with Gasteiger partial charge in [-0.15, -0.1) is 0 Å². The zero-order valence-electron chi connectivity index (χ0n) is 10.4. The first-order chi connectivity index (χ1) is 8.33. The highest BCUT2D eigenvalue weighted by atomic mass is 15.0. The molecule has 0 radical (unpaired) electrons. The van der Waals surface area contributed by atoms with E-state index in [1.54, 1.807) is 6.20 Å². The maximum atomic E-state index is 4.37.